The maximum absolute atomic E-state index is 12.9. The molecule has 0 bridgehead atoms. The summed E-state index contributed by atoms with van der Waals surface area (Å²) in [6.07, 6.45) is 6.35. The highest BCUT2D eigenvalue weighted by molar-refractivity contribution is 7.92. The van der Waals surface area contributed by atoms with Gasteiger partial charge in [-0.25, -0.2) is 8.42 Å². The molecular formula is C24H32N2O5S. The van der Waals surface area contributed by atoms with Crippen LogP contribution in [0, 0.1) is 0 Å². The van der Waals surface area contributed by atoms with Gasteiger partial charge in [0.15, 0.2) is 0 Å². The molecule has 0 heterocycles. The number of fused-ring (bicyclic) bond motifs is 1. The van der Waals surface area contributed by atoms with E-state index in [0.29, 0.717) is 17.9 Å². The largest absolute Gasteiger partial charge is 0.497 e. The summed E-state index contributed by atoms with van der Waals surface area (Å²) in [4.78, 5) is 12.9. The van der Waals surface area contributed by atoms with Crippen LogP contribution < -0.4 is 19.1 Å². The highest BCUT2D eigenvalue weighted by atomic mass is 32.2. The molecule has 0 fully saturated rings. The van der Waals surface area contributed by atoms with Crippen LogP contribution in [-0.4, -0.2) is 41.3 Å². The fraction of sp³-hybridized carbons (Fsp3) is 0.458. The minimum Gasteiger partial charge on any atom is -0.497 e. The summed E-state index contributed by atoms with van der Waals surface area (Å²) >= 11 is 0. The molecule has 1 amide bonds. The van der Waals surface area contributed by atoms with Gasteiger partial charge in [0.2, 0.25) is 15.9 Å². The van der Waals surface area contributed by atoms with Crippen LogP contribution in [-0.2, 0) is 27.7 Å². The van der Waals surface area contributed by atoms with E-state index in [2.05, 4.69) is 23.5 Å². The molecule has 0 saturated heterocycles. The first kappa shape index (κ1) is 23.9. The Morgan fingerprint density at radius 1 is 1.06 bits per heavy atom. The Morgan fingerprint density at radius 2 is 1.78 bits per heavy atom. The van der Waals surface area contributed by atoms with E-state index < -0.39 is 10.0 Å². The summed E-state index contributed by atoms with van der Waals surface area (Å²) < 4.78 is 36.7. The fourth-order valence-corrected chi connectivity index (χ4v) is 4.99. The molecule has 2 aromatic carbocycles. The topological polar surface area (TPSA) is 84.9 Å². The molecule has 0 aliphatic heterocycles. The smallest absolute Gasteiger partial charge is 0.241 e. The molecule has 1 aliphatic rings. The SMILES string of the molecule is CC[C@H](NC(=O)CN(c1ccc(OC)cc1OC)S(C)(=O)=O)c1ccc2c(c1)CCCC2. The van der Waals surface area contributed by atoms with Crippen molar-refractivity contribution in [3.8, 4) is 11.5 Å². The number of methoxy groups -OCH3 is 2. The number of sulfonamides is 1. The number of ether oxygens (including phenoxy) is 2. The van der Waals surface area contributed by atoms with Gasteiger partial charge in [-0.2, -0.15) is 0 Å². The summed E-state index contributed by atoms with van der Waals surface area (Å²) in [5, 5.41) is 3.01. The number of hydrogen-bond acceptors (Lipinski definition) is 5. The van der Waals surface area contributed by atoms with Crippen LogP contribution in [0.3, 0.4) is 0 Å². The average Bonchev–Trinajstić information content (AvgIpc) is 2.79. The van der Waals surface area contributed by atoms with E-state index in [0.717, 1.165) is 29.0 Å². The van der Waals surface area contributed by atoms with E-state index in [1.807, 2.05) is 6.92 Å². The van der Waals surface area contributed by atoms with Gasteiger partial charge in [-0.15, -0.1) is 0 Å². The maximum Gasteiger partial charge on any atom is 0.241 e. The van der Waals surface area contributed by atoms with Gasteiger partial charge in [0, 0.05) is 6.07 Å². The van der Waals surface area contributed by atoms with Gasteiger partial charge >= 0.3 is 0 Å². The lowest BCUT2D eigenvalue weighted by atomic mass is 9.89. The molecular weight excluding hydrogens is 428 g/mol. The third-order valence-corrected chi connectivity index (χ3v) is 6.99. The Labute approximate surface area is 190 Å². The molecule has 0 radical (unpaired) electrons. The predicted molar refractivity (Wildman–Crippen MR) is 126 cm³/mol. The fourth-order valence-electron chi connectivity index (χ4n) is 4.13. The molecule has 0 aromatic heterocycles. The summed E-state index contributed by atoms with van der Waals surface area (Å²) in [5.74, 6) is 0.462. The van der Waals surface area contributed by atoms with Crippen molar-refractivity contribution in [3.05, 3.63) is 53.1 Å². The Kier molecular flexibility index (Phi) is 7.66. The van der Waals surface area contributed by atoms with Crippen molar-refractivity contribution in [1.29, 1.82) is 0 Å². The number of benzene rings is 2. The van der Waals surface area contributed by atoms with Crippen molar-refractivity contribution in [2.24, 2.45) is 0 Å². The molecule has 0 spiro atoms. The van der Waals surface area contributed by atoms with E-state index in [-0.39, 0.29) is 24.2 Å². The number of hydrogen-bond donors (Lipinski definition) is 1. The normalized spacial score (nSPS) is 14.2. The number of nitrogens with one attached hydrogen (secondary N) is 1. The van der Waals surface area contributed by atoms with Crippen LogP contribution >= 0.6 is 0 Å². The zero-order valence-corrected chi connectivity index (χ0v) is 20.0. The summed E-state index contributed by atoms with van der Waals surface area (Å²) in [7, 11) is -0.771. The van der Waals surface area contributed by atoms with Gasteiger partial charge in [0.05, 0.1) is 32.2 Å². The standard InChI is InChI=1S/C24H32N2O5S/c1-5-21(19-11-10-17-8-6-7-9-18(17)14-19)25-24(27)16-26(32(4,28)29)22-13-12-20(30-2)15-23(22)31-3/h10-15,21H,5-9,16H2,1-4H3,(H,25,27)/t21-/m0/s1. The minimum atomic E-state index is -3.73. The molecule has 2 aromatic rings. The van der Waals surface area contributed by atoms with E-state index in [4.69, 9.17) is 9.47 Å². The molecule has 174 valence electrons. The lowest BCUT2D eigenvalue weighted by molar-refractivity contribution is -0.120. The molecule has 0 saturated carbocycles. The van der Waals surface area contributed by atoms with Gasteiger partial charge in [0.25, 0.3) is 0 Å². The van der Waals surface area contributed by atoms with Gasteiger partial charge in [-0.05, 0) is 60.9 Å². The number of carbonyl (C=O) groups is 1. The summed E-state index contributed by atoms with van der Waals surface area (Å²) in [5.41, 5.74) is 4.07. The molecule has 0 unspecified atom stereocenters. The van der Waals surface area contributed by atoms with E-state index in [1.165, 1.54) is 38.2 Å². The number of aryl methyl sites for hydroxylation is 2. The van der Waals surface area contributed by atoms with Gasteiger partial charge < -0.3 is 14.8 Å². The van der Waals surface area contributed by atoms with Crippen molar-refractivity contribution >= 4 is 21.6 Å². The first-order valence-electron chi connectivity index (χ1n) is 10.9. The highest BCUT2D eigenvalue weighted by Gasteiger charge is 2.26. The van der Waals surface area contributed by atoms with Crippen LogP contribution in [0.25, 0.3) is 0 Å². The monoisotopic (exact) mass is 460 g/mol. The number of anilines is 1. The van der Waals surface area contributed by atoms with Crippen molar-refractivity contribution in [1.82, 2.24) is 5.32 Å². The molecule has 1 N–H and O–H groups in total. The summed E-state index contributed by atoms with van der Waals surface area (Å²) in [6, 6.07) is 11.0. The third-order valence-electron chi connectivity index (χ3n) is 5.86. The summed E-state index contributed by atoms with van der Waals surface area (Å²) in [6.45, 7) is 1.66. The van der Waals surface area contributed by atoms with E-state index in [9.17, 15) is 13.2 Å². The van der Waals surface area contributed by atoms with E-state index >= 15 is 0 Å². The molecule has 8 heteroatoms. The Hall–Kier alpha value is -2.74. The van der Waals surface area contributed by atoms with Gasteiger partial charge in [0.1, 0.15) is 18.0 Å². The van der Waals surface area contributed by atoms with Crippen molar-refractivity contribution < 1.29 is 22.7 Å². The van der Waals surface area contributed by atoms with Crippen LogP contribution in [0.4, 0.5) is 5.69 Å². The zero-order valence-electron chi connectivity index (χ0n) is 19.2. The first-order valence-corrected chi connectivity index (χ1v) is 12.7. The van der Waals surface area contributed by atoms with E-state index in [1.54, 1.807) is 18.2 Å². The lowest BCUT2D eigenvalue weighted by Crippen LogP contribution is -2.41. The highest BCUT2D eigenvalue weighted by Crippen LogP contribution is 2.33. The quantitative estimate of drug-likeness (QED) is 0.618. The lowest BCUT2D eigenvalue weighted by Gasteiger charge is -2.26. The molecule has 1 aliphatic carbocycles. The zero-order chi connectivity index (χ0) is 23.3. The number of amides is 1. The average molecular weight is 461 g/mol. The molecule has 3 rings (SSSR count). The molecule has 32 heavy (non-hydrogen) atoms. The first-order chi connectivity index (χ1) is 15.3. The Bertz CT molecular complexity index is 1070. The Balaban J connectivity index is 1.81. The number of nitrogens with zero attached hydrogens (tertiary/aromatic N) is 1. The second-order valence-electron chi connectivity index (χ2n) is 8.07. The third kappa shape index (κ3) is 5.54. The van der Waals surface area contributed by atoms with Gasteiger partial charge in [-0.3, -0.25) is 9.10 Å². The van der Waals surface area contributed by atoms with Crippen LogP contribution in [0.1, 0.15) is 48.9 Å². The van der Waals surface area contributed by atoms with Crippen LogP contribution in [0.5, 0.6) is 11.5 Å². The Morgan fingerprint density at radius 3 is 2.41 bits per heavy atom. The molecule has 1 atom stereocenters. The van der Waals surface area contributed by atoms with Crippen LogP contribution in [0.2, 0.25) is 0 Å². The number of rotatable bonds is 9. The van der Waals surface area contributed by atoms with Crippen molar-refractivity contribution in [2.75, 3.05) is 31.3 Å². The van der Waals surface area contributed by atoms with Gasteiger partial charge in [-0.1, -0.05) is 25.1 Å². The van der Waals surface area contributed by atoms with Crippen LogP contribution in [0.15, 0.2) is 36.4 Å². The molecule has 7 nitrogen and oxygen atoms in total. The second-order valence-corrected chi connectivity index (χ2v) is 9.98. The minimum absolute atomic E-state index is 0.186. The second kappa shape index (κ2) is 10.3. The van der Waals surface area contributed by atoms with Crippen molar-refractivity contribution in [2.45, 2.75) is 45.1 Å². The number of carbonyl (C=O) groups excluding carboxylic acids is 1. The van der Waals surface area contributed by atoms with Crippen molar-refractivity contribution in [3.63, 3.8) is 0 Å². The maximum atomic E-state index is 12.9. The predicted octanol–water partition coefficient (Wildman–Crippen LogP) is 3.62.